The van der Waals surface area contributed by atoms with Gasteiger partial charge in [0.2, 0.25) is 0 Å². The number of nitroso groups, excluding NO2 is 1. The van der Waals surface area contributed by atoms with Crippen LogP contribution in [0.3, 0.4) is 0 Å². The highest BCUT2D eigenvalue weighted by molar-refractivity contribution is 6.21. The first-order valence-electron chi connectivity index (χ1n) is 8.61. The van der Waals surface area contributed by atoms with Crippen molar-refractivity contribution >= 4 is 17.0 Å². The standard InChI is InChI=1S/C23H18N2O/c1-16-12-14-19(15-13-16)22-23(25-26)20(17-8-4-2-5-9-17)21(24-22)18-10-6-3-7-11-18/h2-15,23H,1H3. The Morgan fingerprint density at radius 1 is 0.731 bits per heavy atom. The lowest BCUT2D eigenvalue weighted by atomic mass is 9.92. The highest BCUT2D eigenvalue weighted by Gasteiger charge is 2.33. The van der Waals surface area contributed by atoms with E-state index >= 15 is 0 Å². The molecule has 0 fully saturated rings. The molecule has 1 aliphatic rings. The van der Waals surface area contributed by atoms with E-state index in [-0.39, 0.29) is 0 Å². The summed E-state index contributed by atoms with van der Waals surface area (Å²) >= 11 is 0. The van der Waals surface area contributed by atoms with Crippen LogP contribution in [0.5, 0.6) is 0 Å². The number of rotatable bonds is 4. The van der Waals surface area contributed by atoms with Crippen LogP contribution < -0.4 is 0 Å². The Bertz CT molecular complexity index is 987. The number of benzene rings is 3. The Morgan fingerprint density at radius 3 is 1.88 bits per heavy atom. The molecule has 0 radical (unpaired) electrons. The summed E-state index contributed by atoms with van der Waals surface area (Å²) in [4.78, 5) is 16.7. The molecule has 4 rings (SSSR count). The third-order valence-corrected chi connectivity index (χ3v) is 4.60. The lowest BCUT2D eigenvalue weighted by molar-refractivity contribution is 1.10. The van der Waals surface area contributed by atoms with Crippen molar-refractivity contribution in [3.63, 3.8) is 0 Å². The summed E-state index contributed by atoms with van der Waals surface area (Å²) in [6.07, 6.45) is 0. The van der Waals surface area contributed by atoms with E-state index in [9.17, 15) is 4.91 Å². The zero-order valence-corrected chi connectivity index (χ0v) is 14.5. The van der Waals surface area contributed by atoms with E-state index in [1.165, 1.54) is 5.56 Å². The summed E-state index contributed by atoms with van der Waals surface area (Å²) in [5.74, 6) is 0. The van der Waals surface area contributed by atoms with Gasteiger partial charge in [-0.1, -0.05) is 95.7 Å². The number of hydrogen-bond donors (Lipinski definition) is 0. The first-order chi connectivity index (χ1) is 12.8. The SMILES string of the molecule is Cc1ccc(C2=NC(c3ccccc3)=C(c3ccccc3)C2N=O)cc1. The third kappa shape index (κ3) is 2.88. The lowest BCUT2D eigenvalue weighted by Gasteiger charge is -2.12. The van der Waals surface area contributed by atoms with E-state index in [1.807, 2.05) is 91.9 Å². The summed E-state index contributed by atoms with van der Waals surface area (Å²) in [6.45, 7) is 2.04. The molecule has 0 saturated carbocycles. The van der Waals surface area contributed by atoms with Gasteiger partial charge in [-0.3, -0.25) is 0 Å². The minimum absolute atomic E-state index is 0.615. The van der Waals surface area contributed by atoms with Crippen LogP contribution in [0.15, 0.2) is 95.1 Å². The number of nitrogens with zero attached hydrogens (tertiary/aromatic N) is 2. The van der Waals surface area contributed by atoms with Crippen LogP contribution >= 0.6 is 0 Å². The minimum atomic E-state index is -0.615. The Balaban J connectivity index is 1.91. The highest BCUT2D eigenvalue weighted by Crippen LogP contribution is 2.38. The van der Waals surface area contributed by atoms with Gasteiger partial charge in [-0.2, -0.15) is 0 Å². The number of hydrogen-bond acceptors (Lipinski definition) is 3. The van der Waals surface area contributed by atoms with E-state index in [0.717, 1.165) is 28.0 Å². The molecule has 1 heterocycles. The van der Waals surface area contributed by atoms with Crippen molar-refractivity contribution in [2.24, 2.45) is 10.2 Å². The monoisotopic (exact) mass is 338 g/mol. The van der Waals surface area contributed by atoms with Crippen molar-refractivity contribution in [3.05, 3.63) is 112 Å². The van der Waals surface area contributed by atoms with Gasteiger partial charge in [-0.25, -0.2) is 4.99 Å². The zero-order valence-electron chi connectivity index (χ0n) is 14.5. The molecule has 0 N–H and O–H groups in total. The van der Waals surface area contributed by atoms with E-state index < -0.39 is 6.04 Å². The van der Waals surface area contributed by atoms with Crippen molar-refractivity contribution in [2.45, 2.75) is 13.0 Å². The van der Waals surface area contributed by atoms with Gasteiger partial charge < -0.3 is 0 Å². The maximum absolute atomic E-state index is 11.9. The highest BCUT2D eigenvalue weighted by atomic mass is 16.3. The second-order valence-electron chi connectivity index (χ2n) is 6.37. The van der Waals surface area contributed by atoms with Crippen LogP contribution in [-0.2, 0) is 0 Å². The minimum Gasteiger partial charge on any atom is -0.249 e. The van der Waals surface area contributed by atoms with Gasteiger partial charge in [-0.15, -0.1) is 4.91 Å². The summed E-state index contributed by atoms with van der Waals surface area (Å²) in [5.41, 5.74) is 6.45. The van der Waals surface area contributed by atoms with Crippen LogP contribution in [0, 0.1) is 11.8 Å². The fraction of sp³-hybridized carbons (Fsp3) is 0.0870. The van der Waals surface area contributed by atoms with Crippen molar-refractivity contribution in [2.75, 3.05) is 0 Å². The molecule has 3 aromatic carbocycles. The molecular formula is C23H18N2O. The smallest absolute Gasteiger partial charge is 0.162 e. The maximum Gasteiger partial charge on any atom is 0.162 e. The average Bonchev–Trinajstić information content (AvgIpc) is 3.09. The topological polar surface area (TPSA) is 41.8 Å². The van der Waals surface area contributed by atoms with Gasteiger partial charge >= 0.3 is 0 Å². The van der Waals surface area contributed by atoms with Crippen molar-refractivity contribution in [1.29, 1.82) is 0 Å². The molecule has 1 aliphatic heterocycles. The molecule has 0 bridgehead atoms. The van der Waals surface area contributed by atoms with Gasteiger partial charge in [0.25, 0.3) is 0 Å². The van der Waals surface area contributed by atoms with Crippen molar-refractivity contribution in [3.8, 4) is 0 Å². The van der Waals surface area contributed by atoms with E-state index in [4.69, 9.17) is 4.99 Å². The molecule has 26 heavy (non-hydrogen) atoms. The molecule has 3 heteroatoms. The molecule has 0 saturated heterocycles. The summed E-state index contributed by atoms with van der Waals surface area (Å²) in [6, 6.07) is 27.3. The van der Waals surface area contributed by atoms with Gasteiger partial charge in [0.05, 0.1) is 11.4 Å². The fourth-order valence-corrected chi connectivity index (χ4v) is 3.29. The van der Waals surface area contributed by atoms with Crippen LogP contribution in [0.1, 0.15) is 22.3 Å². The molecule has 126 valence electrons. The van der Waals surface area contributed by atoms with Crippen LogP contribution in [0.2, 0.25) is 0 Å². The first-order valence-corrected chi connectivity index (χ1v) is 8.61. The fourth-order valence-electron chi connectivity index (χ4n) is 3.29. The Hall–Kier alpha value is -3.33. The molecular weight excluding hydrogens is 320 g/mol. The van der Waals surface area contributed by atoms with E-state index in [0.29, 0.717) is 5.71 Å². The third-order valence-electron chi connectivity index (χ3n) is 4.60. The summed E-state index contributed by atoms with van der Waals surface area (Å²) in [7, 11) is 0. The first kappa shape index (κ1) is 16.2. The van der Waals surface area contributed by atoms with Gasteiger partial charge in [-0.05, 0) is 18.1 Å². The Kier molecular flexibility index (Phi) is 4.28. The summed E-state index contributed by atoms with van der Waals surface area (Å²) in [5, 5.41) is 3.46. The second kappa shape index (κ2) is 6.89. The van der Waals surface area contributed by atoms with Gasteiger partial charge in [0.1, 0.15) is 0 Å². The van der Waals surface area contributed by atoms with Crippen LogP contribution in [-0.4, -0.2) is 11.8 Å². The molecule has 0 aliphatic carbocycles. The van der Waals surface area contributed by atoms with E-state index in [1.54, 1.807) is 0 Å². The molecule has 3 nitrogen and oxygen atoms in total. The van der Waals surface area contributed by atoms with Gasteiger partial charge in [0, 0.05) is 11.1 Å². The molecule has 1 atom stereocenters. The predicted molar refractivity (Wildman–Crippen MR) is 107 cm³/mol. The molecule has 0 amide bonds. The predicted octanol–water partition coefficient (Wildman–Crippen LogP) is 5.50. The zero-order chi connectivity index (χ0) is 17.9. The van der Waals surface area contributed by atoms with Crippen molar-refractivity contribution in [1.82, 2.24) is 0 Å². The quantitative estimate of drug-likeness (QED) is 0.579. The van der Waals surface area contributed by atoms with Crippen LogP contribution in [0.4, 0.5) is 0 Å². The average molecular weight is 338 g/mol. The Morgan fingerprint density at radius 2 is 1.31 bits per heavy atom. The second-order valence-corrected chi connectivity index (χ2v) is 6.37. The maximum atomic E-state index is 11.9. The van der Waals surface area contributed by atoms with E-state index in [2.05, 4.69) is 5.18 Å². The largest absolute Gasteiger partial charge is 0.249 e. The van der Waals surface area contributed by atoms with Gasteiger partial charge in [0.15, 0.2) is 6.04 Å². The normalized spacial score (nSPS) is 16.5. The van der Waals surface area contributed by atoms with Crippen LogP contribution in [0.25, 0.3) is 11.3 Å². The molecule has 0 spiro atoms. The number of aryl methyl sites for hydroxylation is 1. The Labute approximate surface area is 152 Å². The molecule has 3 aromatic rings. The lowest BCUT2D eigenvalue weighted by Crippen LogP contribution is -2.17. The van der Waals surface area contributed by atoms with Crippen molar-refractivity contribution < 1.29 is 0 Å². The number of aliphatic imine (C=N–C) groups is 1. The summed E-state index contributed by atoms with van der Waals surface area (Å²) < 4.78 is 0. The molecule has 0 aromatic heterocycles. The molecule has 1 unspecified atom stereocenters.